The molecule has 0 heterocycles. The summed E-state index contributed by atoms with van der Waals surface area (Å²) in [6, 6.07) is 13.9. The van der Waals surface area contributed by atoms with E-state index in [0.29, 0.717) is 5.69 Å². The second-order valence-electron chi connectivity index (χ2n) is 8.61. The Labute approximate surface area is 197 Å². The first-order valence-electron chi connectivity index (χ1n) is 11.1. The van der Waals surface area contributed by atoms with Crippen LogP contribution in [0.2, 0.25) is 0 Å². The van der Waals surface area contributed by atoms with Crippen molar-refractivity contribution in [1.82, 2.24) is 10.2 Å². The topological polar surface area (TPSA) is 86.8 Å². The van der Waals surface area contributed by atoms with Crippen molar-refractivity contribution in [1.29, 1.82) is 0 Å². The van der Waals surface area contributed by atoms with Crippen LogP contribution >= 0.6 is 0 Å². The number of carbonyl (C=O) groups excluding carboxylic acids is 2. The Bertz CT molecular complexity index is 1080. The number of anilines is 1. The Morgan fingerprint density at radius 2 is 1.61 bits per heavy atom. The summed E-state index contributed by atoms with van der Waals surface area (Å²) in [6.07, 6.45) is 1.84. The van der Waals surface area contributed by atoms with Gasteiger partial charge < -0.3 is 10.2 Å². The van der Waals surface area contributed by atoms with Crippen LogP contribution in [0.5, 0.6) is 0 Å². The molecule has 0 unspecified atom stereocenters. The molecule has 0 fully saturated rings. The first-order chi connectivity index (χ1) is 15.4. The maximum atomic E-state index is 13.5. The third kappa shape index (κ3) is 7.60. The number of aryl methyl sites for hydroxylation is 2. The van der Waals surface area contributed by atoms with E-state index in [1.165, 1.54) is 4.90 Å². The zero-order valence-electron chi connectivity index (χ0n) is 20.3. The molecule has 33 heavy (non-hydrogen) atoms. The summed E-state index contributed by atoms with van der Waals surface area (Å²) in [7, 11) is -3.73. The summed E-state index contributed by atoms with van der Waals surface area (Å²) >= 11 is 0. The molecule has 1 N–H and O–H groups in total. The van der Waals surface area contributed by atoms with Gasteiger partial charge in [-0.2, -0.15) is 0 Å². The van der Waals surface area contributed by atoms with Crippen LogP contribution in [0.15, 0.2) is 48.5 Å². The van der Waals surface area contributed by atoms with Crippen molar-refractivity contribution >= 4 is 27.5 Å². The third-order valence-corrected chi connectivity index (χ3v) is 6.71. The van der Waals surface area contributed by atoms with E-state index in [-0.39, 0.29) is 18.5 Å². The fourth-order valence-corrected chi connectivity index (χ4v) is 4.29. The van der Waals surface area contributed by atoms with Gasteiger partial charge in [0.2, 0.25) is 21.8 Å². The van der Waals surface area contributed by atoms with Crippen molar-refractivity contribution in [3.05, 3.63) is 65.2 Å². The van der Waals surface area contributed by atoms with Crippen LogP contribution in [-0.2, 0) is 26.2 Å². The molecule has 0 saturated carbocycles. The average Bonchev–Trinajstić information content (AvgIpc) is 2.74. The second-order valence-corrected chi connectivity index (χ2v) is 10.5. The lowest BCUT2D eigenvalue weighted by atomic mass is 10.1. The molecule has 2 rings (SSSR count). The minimum atomic E-state index is -3.73. The van der Waals surface area contributed by atoms with Gasteiger partial charge in [0.1, 0.15) is 12.6 Å². The van der Waals surface area contributed by atoms with Gasteiger partial charge >= 0.3 is 0 Å². The summed E-state index contributed by atoms with van der Waals surface area (Å²) < 4.78 is 26.2. The highest BCUT2D eigenvalue weighted by Gasteiger charge is 2.30. The van der Waals surface area contributed by atoms with E-state index in [1.807, 2.05) is 58.0 Å². The van der Waals surface area contributed by atoms with Crippen molar-refractivity contribution in [3.8, 4) is 0 Å². The van der Waals surface area contributed by atoms with E-state index in [0.717, 1.165) is 33.7 Å². The number of hydrogen-bond donors (Lipinski definition) is 1. The smallest absolute Gasteiger partial charge is 0.244 e. The van der Waals surface area contributed by atoms with E-state index in [2.05, 4.69) is 5.32 Å². The Morgan fingerprint density at radius 3 is 2.15 bits per heavy atom. The van der Waals surface area contributed by atoms with E-state index >= 15 is 0 Å². The highest BCUT2D eigenvalue weighted by Crippen LogP contribution is 2.20. The monoisotopic (exact) mass is 473 g/mol. The number of sulfonamides is 1. The number of benzene rings is 2. The van der Waals surface area contributed by atoms with Crippen molar-refractivity contribution in [2.24, 2.45) is 0 Å². The molecule has 0 aromatic heterocycles. The van der Waals surface area contributed by atoms with Gasteiger partial charge in [0.05, 0.1) is 11.9 Å². The zero-order valence-corrected chi connectivity index (χ0v) is 21.1. The number of carbonyl (C=O) groups is 2. The summed E-state index contributed by atoms with van der Waals surface area (Å²) in [5, 5.41) is 2.92. The predicted molar refractivity (Wildman–Crippen MR) is 132 cm³/mol. The van der Waals surface area contributed by atoms with Gasteiger partial charge in [-0.3, -0.25) is 13.9 Å². The van der Waals surface area contributed by atoms with Crippen molar-refractivity contribution in [2.75, 3.05) is 17.1 Å². The van der Waals surface area contributed by atoms with Gasteiger partial charge in [-0.1, -0.05) is 48.9 Å². The first kappa shape index (κ1) is 26.4. The lowest BCUT2D eigenvalue weighted by molar-refractivity contribution is -0.139. The lowest BCUT2D eigenvalue weighted by Gasteiger charge is -2.32. The molecule has 2 atom stereocenters. The Morgan fingerprint density at radius 1 is 1.00 bits per heavy atom. The largest absolute Gasteiger partial charge is 0.352 e. The fraction of sp³-hybridized carbons (Fsp3) is 0.440. The maximum Gasteiger partial charge on any atom is 0.244 e. The minimum Gasteiger partial charge on any atom is -0.352 e. The van der Waals surface area contributed by atoms with Crippen LogP contribution in [0.4, 0.5) is 5.69 Å². The summed E-state index contributed by atoms with van der Waals surface area (Å²) in [5.74, 6) is -0.720. The SMILES string of the molecule is CC[C@H](C)NC(=O)[C@@H](C)N(Cc1cccc(C)c1)C(=O)CN(c1cccc(C)c1)S(C)(=O)=O. The molecule has 0 aliphatic carbocycles. The molecule has 8 heteroatoms. The van der Waals surface area contributed by atoms with Crippen molar-refractivity contribution in [3.63, 3.8) is 0 Å². The normalized spacial score (nSPS) is 13.2. The van der Waals surface area contributed by atoms with Crippen molar-refractivity contribution in [2.45, 2.75) is 59.7 Å². The van der Waals surface area contributed by atoms with E-state index in [9.17, 15) is 18.0 Å². The molecule has 0 aliphatic heterocycles. The third-order valence-electron chi connectivity index (χ3n) is 5.57. The molecule has 2 aromatic rings. The van der Waals surface area contributed by atoms with Crippen molar-refractivity contribution < 1.29 is 18.0 Å². The molecule has 2 aromatic carbocycles. The van der Waals surface area contributed by atoms with Gasteiger partial charge in [-0.05, 0) is 57.4 Å². The Kier molecular flexibility index (Phi) is 9.05. The Balaban J connectivity index is 2.38. The number of amides is 2. The zero-order chi connectivity index (χ0) is 24.8. The van der Waals surface area contributed by atoms with E-state index in [4.69, 9.17) is 0 Å². The number of nitrogens with zero attached hydrogens (tertiary/aromatic N) is 2. The van der Waals surface area contributed by atoms with Gasteiger partial charge in [0, 0.05) is 12.6 Å². The summed E-state index contributed by atoms with van der Waals surface area (Å²) in [6.45, 7) is 9.16. The second kappa shape index (κ2) is 11.3. The summed E-state index contributed by atoms with van der Waals surface area (Å²) in [4.78, 5) is 27.8. The molecular weight excluding hydrogens is 438 g/mol. The standard InChI is InChI=1S/C25H35N3O4S/c1-7-20(4)26-25(30)21(5)27(16-22-12-8-10-18(2)14-22)24(29)17-28(33(6,31)32)23-13-9-11-19(3)15-23/h8-15,20-21H,7,16-17H2,1-6H3,(H,26,30)/t20-,21+/m0/s1. The first-order valence-corrected chi connectivity index (χ1v) is 13.0. The molecule has 0 radical (unpaired) electrons. The van der Waals surface area contributed by atoms with Gasteiger partial charge in [-0.15, -0.1) is 0 Å². The van der Waals surface area contributed by atoms with Crippen LogP contribution in [0, 0.1) is 13.8 Å². The highest BCUT2D eigenvalue weighted by molar-refractivity contribution is 7.92. The molecule has 0 aliphatic rings. The molecule has 7 nitrogen and oxygen atoms in total. The highest BCUT2D eigenvalue weighted by atomic mass is 32.2. The minimum absolute atomic E-state index is 0.0318. The number of rotatable bonds is 10. The van der Waals surface area contributed by atoms with Crippen LogP contribution in [-0.4, -0.2) is 50.0 Å². The van der Waals surface area contributed by atoms with Gasteiger partial charge in [0.25, 0.3) is 0 Å². The molecule has 2 amide bonds. The van der Waals surface area contributed by atoms with E-state index in [1.54, 1.807) is 25.1 Å². The number of nitrogens with one attached hydrogen (secondary N) is 1. The molecular formula is C25H35N3O4S. The number of hydrogen-bond acceptors (Lipinski definition) is 4. The van der Waals surface area contributed by atoms with Crippen LogP contribution < -0.4 is 9.62 Å². The quantitative estimate of drug-likeness (QED) is 0.573. The van der Waals surface area contributed by atoms with Gasteiger partial charge in [-0.25, -0.2) is 8.42 Å². The molecule has 180 valence electrons. The van der Waals surface area contributed by atoms with Crippen LogP contribution in [0.3, 0.4) is 0 Å². The molecule has 0 saturated heterocycles. The van der Waals surface area contributed by atoms with Gasteiger partial charge in [0.15, 0.2) is 0 Å². The van der Waals surface area contributed by atoms with E-state index < -0.39 is 28.5 Å². The fourth-order valence-electron chi connectivity index (χ4n) is 3.45. The maximum absolute atomic E-state index is 13.5. The molecule has 0 bridgehead atoms. The van der Waals surface area contributed by atoms with Crippen LogP contribution in [0.1, 0.15) is 43.9 Å². The van der Waals surface area contributed by atoms with Crippen LogP contribution in [0.25, 0.3) is 0 Å². The predicted octanol–water partition coefficient (Wildman–Crippen LogP) is 3.40. The average molecular weight is 474 g/mol. The molecule has 0 spiro atoms. The Hall–Kier alpha value is -2.87. The summed E-state index contributed by atoms with van der Waals surface area (Å²) in [5.41, 5.74) is 3.20. The lowest BCUT2D eigenvalue weighted by Crippen LogP contribution is -2.52.